The molecular formula is C43H70N3O5. The Morgan fingerprint density at radius 2 is 1.49 bits per heavy atom. The van der Waals surface area contributed by atoms with Crippen LogP contribution >= 0.6 is 0 Å². The standard InChI is InChI=1S/C43H70N3O5/c1-25(2)32(34(49)44-30-24-36(3,4)46(51)38(30,7)8)45-35(50)40(10)19-18-39(9)20-21-42(12)26(27(39)23-40)22-28(47)33-41(11)16-15-31(48)37(5,6)29(41)14-17-43(33,42)13/h22,25,27,29-33,48H,14-21,23-24H2,1-13H3,(H,44,49)(H,45,50)/t27-,29-,30?,31-,32-,33+,39+,40-,41-,42+,43+/m0/s1. The van der Waals surface area contributed by atoms with Crippen molar-refractivity contribution in [3.05, 3.63) is 11.6 Å². The summed E-state index contributed by atoms with van der Waals surface area (Å²) in [6.07, 6.45) is 10.3. The first kappa shape index (κ1) is 38.9. The van der Waals surface area contributed by atoms with E-state index in [4.69, 9.17) is 0 Å². The van der Waals surface area contributed by atoms with Crippen molar-refractivity contribution in [1.82, 2.24) is 15.7 Å². The van der Waals surface area contributed by atoms with Gasteiger partial charge in [0.15, 0.2) is 5.78 Å². The molecule has 5 fully saturated rings. The summed E-state index contributed by atoms with van der Waals surface area (Å²) < 4.78 is 0. The van der Waals surface area contributed by atoms with E-state index in [1.807, 2.05) is 41.5 Å². The molecule has 5 aliphatic carbocycles. The van der Waals surface area contributed by atoms with Crippen LogP contribution in [-0.4, -0.2) is 57.0 Å². The minimum atomic E-state index is -0.760. The molecule has 0 aromatic rings. The first-order chi connectivity index (χ1) is 23.2. The Balaban J connectivity index is 1.27. The fourth-order valence-electron chi connectivity index (χ4n) is 13.5. The van der Waals surface area contributed by atoms with Crippen LogP contribution in [0.3, 0.4) is 0 Å². The predicted molar refractivity (Wildman–Crippen MR) is 199 cm³/mol. The fourth-order valence-corrected chi connectivity index (χ4v) is 13.5. The molecule has 1 radical (unpaired) electrons. The van der Waals surface area contributed by atoms with Gasteiger partial charge in [0.1, 0.15) is 6.04 Å². The Labute approximate surface area is 308 Å². The molecule has 287 valence electrons. The number of nitrogens with one attached hydrogen (secondary N) is 2. The zero-order chi connectivity index (χ0) is 38.1. The molecule has 0 aromatic carbocycles. The van der Waals surface area contributed by atoms with Crippen LogP contribution in [-0.2, 0) is 19.6 Å². The molecule has 1 heterocycles. The predicted octanol–water partition coefficient (Wildman–Crippen LogP) is 7.56. The van der Waals surface area contributed by atoms with Crippen molar-refractivity contribution in [2.45, 2.75) is 183 Å². The van der Waals surface area contributed by atoms with E-state index >= 15 is 0 Å². The first-order valence-electron chi connectivity index (χ1n) is 20.2. The third-order valence-corrected chi connectivity index (χ3v) is 17.3. The summed E-state index contributed by atoms with van der Waals surface area (Å²) in [5, 5.41) is 31.6. The zero-order valence-electron chi connectivity index (χ0n) is 34.2. The van der Waals surface area contributed by atoms with E-state index in [9.17, 15) is 24.7 Å². The van der Waals surface area contributed by atoms with Gasteiger partial charge in [0.2, 0.25) is 11.8 Å². The minimum Gasteiger partial charge on any atom is -0.393 e. The Morgan fingerprint density at radius 1 is 0.863 bits per heavy atom. The van der Waals surface area contributed by atoms with Gasteiger partial charge in [-0.15, -0.1) is 10.3 Å². The van der Waals surface area contributed by atoms with E-state index in [0.717, 1.165) is 56.4 Å². The molecule has 1 saturated heterocycles. The van der Waals surface area contributed by atoms with E-state index in [-0.39, 0.29) is 74.6 Å². The van der Waals surface area contributed by atoms with E-state index in [1.54, 1.807) is 0 Å². The average Bonchev–Trinajstić information content (AvgIpc) is 3.17. The van der Waals surface area contributed by atoms with E-state index in [2.05, 4.69) is 65.2 Å². The SMILES string of the molecule is CC(C)[C@H](NC(=O)[C@@]1(C)CC[C@]2(C)CC[C@]3(C)C(=CC(=O)[C@@H]4[C@@]5(C)CC[C@H](O)C(C)(C)[C@@H]5CC[C@]43C)[C@@H]2C1)C(=O)NC1CC(C)(C)N([O])C1(C)C. The molecule has 0 aromatic heterocycles. The number of ketones is 1. The molecule has 3 N–H and O–H groups in total. The summed E-state index contributed by atoms with van der Waals surface area (Å²) in [5.74, 6) is 0.111. The summed E-state index contributed by atoms with van der Waals surface area (Å²) >= 11 is 0. The van der Waals surface area contributed by atoms with Crippen LogP contribution in [0, 0.1) is 56.2 Å². The summed E-state index contributed by atoms with van der Waals surface area (Å²) in [7, 11) is 0. The van der Waals surface area contributed by atoms with Crippen LogP contribution in [0.5, 0.6) is 0 Å². The van der Waals surface area contributed by atoms with E-state index < -0.39 is 22.5 Å². The maximum Gasteiger partial charge on any atom is 0.243 e. The quantitative estimate of drug-likeness (QED) is 0.273. The minimum absolute atomic E-state index is 0.00649. The Hall–Kier alpha value is -1.77. The molecule has 1 aliphatic heterocycles. The number of aliphatic hydroxyl groups is 1. The first-order valence-corrected chi connectivity index (χ1v) is 20.2. The fraction of sp³-hybridized carbons (Fsp3) is 0.884. The van der Waals surface area contributed by atoms with Gasteiger partial charge in [0.25, 0.3) is 0 Å². The molecule has 0 spiro atoms. The van der Waals surface area contributed by atoms with Crippen molar-refractivity contribution in [3.8, 4) is 0 Å². The Bertz CT molecular complexity index is 1500. The normalized spacial score (nSPS) is 46.2. The highest BCUT2D eigenvalue weighted by molar-refractivity contribution is 5.96. The molecule has 8 heteroatoms. The molecule has 2 amide bonds. The lowest BCUT2D eigenvalue weighted by Crippen LogP contribution is -2.66. The highest BCUT2D eigenvalue weighted by Gasteiger charge is 2.70. The molecule has 6 aliphatic rings. The van der Waals surface area contributed by atoms with Crippen LogP contribution in [0.2, 0.25) is 0 Å². The Kier molecular flexibility index (Phi) is 9.06. The van der Waals surface area contributed by atoms with Crippen LogP contribution in [0.25, 0.3) is 0 Å². The number of nitrogens with zero attached hydrogens (tertiary/aromatic N) is 1. The molecule has 1 unspecified atom stereocenters. The number of carbonyl (C=O) groups excluding carboxylic acids is 3. The summed E-state index contributed by atoms with van der Waals surface area (Å²) in [5.41, 5.74) is -1.51. The van der Waals surface area contributed by atoms with Gasteiger partial charge >= 0.3 is 0 Å². The molecule has 0 bridgehead atoms. The third-order valence-electron chi connectivity index (χ3n) is 17.3. The van der Waals surface area contributed by atoms with Crippen molar-refractivity contribution >= 4 is 17.6 Å². The van der Waals surface area contributed by atoms with E-state index in [1.165, 1.54) is 5.57 Å². The number of amides is 2. The molecule has 11 atom stereocenters. The number of carbonyl (C=O) groups is 3. The van der Waals surface area contributed by atoms with Gasteiger partial charge in [0, 0.05) is 16.9 Å². The molecular weight excluding hydrogens is 638 g/mol. The summed E-state index contributed by atoms with van der Waals surface area (Å²) in [4.78, 5) is 43.0. The maximum atomic E-state index is 14.7. The second-order valence-electron chi connectivity index (χ2n) is 21.8. The molecule has 6 rings (SSSR count). The van der Waals surface area contributed by atoms with Crippen molar-refractivity contribution < 1.29 is 24.7 Å². The van der Waals surface area contributed by atoms with Crippen LogP contribution in [0.1, 0.15) is 154 Å². The van der Waals surface area contributed by atoms with Crippen LogP contribution < -0.4 is 10.6 Å². The third kappa shape index (κ3) is 5.47. The lowest BCUT2D eigenvalue weighted by molar-refractivity contribution is -0.246. The van der Waals surface area contributed by atoms with Gasteiger partial charge < -0.3 is 15.7 Å². The van der Waals surface area contributed by atoms with Crippen molar-refractivity contribution in [2.24, 2.45) is 56.2 Å². The van der Waals surface area contributed by atoms with Crippen molar-refractivity contribution in [1.29, 1.82) is 0 Å². The topological polar surface area (TPSA) is 119 Å². The summed E-state index contributed by atoms with van der Waals surface area (Å²) in [6.45, 7) is 27.6. The van der Waals surface area contributed by atoms with Crippen LogP contribution in [0.4, 0.5) is 0 Å². The number of aliphatic hydroxyl groups excluding tert-OH is 1. The maximum absolute atomic E-state index is 14.7. The lowest BCUT2D eigenvalue weighted by Gasteiger charge is -2.70. The largest absolute Gasteiger partial charge is 0.393 e. The molecule has 8 nitrogen and oxygen atoms in total. The van der Waals surface area contributed by atoms with Gasteiger partial charge in [-0.1, -0.05) is 67.9 Å². The van der Waals surface area contributed by atoms with Gasteiger partial charge in [-0.2, -0.15) is 0 Å². The van der Waals surface area contributed by atoms with Crippen molar-refractivity contribution in [2.75, 3.05) is 0 Å². The van der Waals surface area contributed by atoms with E-state index in [0.29, 0.717) is 18.8 Å². The van der Waals surface area contributed by atoms with Gasteiger partial charge in [-0.3, -0.25) is 14.4 Å². The molecule has 51 heavy (non-hydrogen) atoms. The Morgan fingerprint density at radius 3 is 2.08 bits per heavy atom. The average molecular weight is 709 g/mol. The highest BCUT2D eigenvalue weighted by atomic mass is 16.5. The monoisotopic (exact) mass is 709 g/mol. The van der Waals surface area contributed by atoms with Gasteiger partial charge in [0.05, 0.1) is 17.7 Å². The summed E-state index contributed by atoms with van der Waals surface area (Å²) in [6, 6.07) is -1.05. The highest BCUT2D eigenvalue weighted by Crippen LogP contribution is 2.75. The number of rotatable bonds is 5. The number of allylic oxidation sites excluding steroid dienone is 2. The van der Waals surface area contributed by atoms with Crippen molar-refractivity contribution in [3.63, 3.8) is 0 Å². The van der Waals surface area contributed by atoms with Crippen LogP contribution in [0.15, 0.2) is 11.6 Å². The van der Waals surface area contributed by atoms with Gasteiger partial charge in [-0.25, -0.2) is 0 Å². The smallest absolute Gasteiger partial charge is 0.243 e. The number of hydrogen-bond acceptors (Lipinski definition) is 5. The number of hydrogen-bond donors (Lipinski definition) is 3. The van der Waals surface area contributed by atoms with Gasteiger partial charge in [-0.05, 0) is 143 Å². The lowest BCUT2D eigenvalue weighted by atomic mass is 9.33. The second kappa shape index (κ2) is 11.9. The number of hydroxylamine groups is 2. The second-order valence-corrected chi connectivity index (χ2v) is 21.8. The number of fused-ring (bicyclic) bond motifs is 7. The molecule has 4 saturated carbocycles. The zero-order valence-corrected chi connectivity index (χ0v) is 34.2.